The Kier molecular flexibility index (Phi) is 8.14. The van der Waals surface area contributed by atoms with Crippen molar-refractivity contribution in [3.8, 4) is 0 Å². The molecule has 0 aliphatic carbocycles. The molecule has 1 atom stereocenters. The van der Waals surface area contributed by atoms with Crippen LogP contribution >= 0.6 is 0 Å². The summed E-state index contributed by atoms with van der Waals surface area (Å²) in [6.45, 7) is 11.7. The van der Waals surface area contributed by atoms with Gasteiger partial charge in [0.1, 0.15) is 0 Å². The van der Waals surface area contributed by atoms with E-state index in [4.69, 9.17) is 4.74 Å². The number of hydrogen-bond donors (Lipinski definition) is 0. The third-order valence-corrected chi connectivity index (χ3v) is 2.57. The van der Waals surface area contributed by atoms with Crippen molar-refractivity contribution in [2.24, 2.45) is 0 Å². The lowest BCUT2D eigenvalue weighted by Gasteiger charge is -2.39. The Bertz CT molecular complexity index is 130. The van der Waals surface area contributed by atoms with Crippen LogP contribution in [0.15, 0.2) is 0 Å². The summed E-state index contributed by atoms with van der Waals surface area (Å²) in [6, 6.07) is 0.596. The average molecular weight is 202 g/mol. The minimum Gasteiger partial charge on any atom is -0.383 e. The molecule has 14 heavy (non-hydrogen) atoms. The van der Waals surface area contributed by atoms with Crippen LogP contribution in [0.2, 0.25) is 0 Å². The van der Waals surface area contributed by atoms with Gasteiger partial charge in [-0.15, -0.1) is 0 Å². The summed E-state index contributed by atoms with van der Waals surface area (Å²) in [7, 11) is 3.96. The Morgan fingerprint density at radius 1 is 1.29 bits per heavy atom. The molecule has 0 N–H and O–H groups in total. The molecule has 0 bridgehead atoms. The fourth-order valence-corrected chi connectivity index (χ4v) is 1.82. The molecule has 0 radical (unpaired) electrons. The normalized spacial score (nSPS) is 24.2. The van der Waals surface area contributed by atoms with Gasteiger partial charge >= 0.3 is 0 Å². The van der Waals surface area contributed by atoms with E-state index in [2.05, 4.69) is 23.8 Å². The molecule has 0 spiro atoms. The van der Waals surface area contributed by atoms with Crippen LogP contribution in [0.25, 0.3) is 0 Å². The van der Waals surface area contributed by atoms with Crippen LogP contribution in [0.5, 0.6) is 0 Å². The van der Waals surface area contributed by atoms with Gasteiger partial charge in [0.05, 0.1) is 6.61 Å². The predicted octanol–water partition coefficient (Wildman–Crippen LogP) is 1.29. The van der Waals surface area contributed by atoms with Crippen molar-refractivity contribution in [2.45, 2.75) is 26.8 Å². The first-order valence-corrected chi connectivity index (χ1v) is 5.69. The number of ether oxygens (including phenoxy) is 1. The van der Waals surface area contributed by atoms with Gasteiger partial charge in [-0.25, -0.2) is 0 Å². The lowest BCUT2D eigenvalue weighted by molar-refractivity contribution is 0.0377. The van der Waals surface area contributed by atoms with Crippen LogP contribution in [0.1, 0.15) is 20.8 Å². The molecule has 1 rings (SSSR count). The highest BCUT2D eigenvalue weighted by Gasteiger charge is 2.23. The van der Waals surface area contributed by atoms with Gasteiger partial charge in [-0.1, -0.05) is 20.8 Å². The zero-order valence-electron chi connectivity index (χ0n) is 10.4. The lowest BCUT2D eigenvalue weighted by atomic mass is 10.2. The van der Waals surface area contributed by atoms with E-state index in [1.165, 1.54) is 13.1 Å². The number of nitrogens with zero attached hydrogens (tertiary/aromatic N) is 2. The molecule has 1 fully saturated rings. The van der Waals surface area contributed by atoms with Gasteiger partial charge in [0.15, 0.2) is 0 Å². The molecule has 3 heteroatoms. The Labute approximate surface area is 89.0 Å². The van der Waals surface area contributed by atoms with Crippen LogP contribution in [0.3, 0.4) is 0 Å². The Morgan fingerprint density at radius 3 is 2.43 bits per heavy atom. The van der Waals surface area contributed by atoms with E-state index in [9.17, 15) is 0 Å². The maximum atomic E-state index is 5.19. The van der Waals surface area contributed by atoms with E-state index in [1.807, 2.05) is 13.8 Å². The number of rotatable bonds is 3. The monoisotopic (exact) mass is 202 g/mol. The topological polar surface area (TPSA) is 15.7 Å². The molecule has 86 valence electrons. The predicted molar refractivity (Wildman–Crippen MR) is 61.8 cm³/mol. The summed E-state index contributed by atoms with van der Waals surface area (Å²) in [4.78, 5) is 4.86. The minimum atomic E-state index is 0.596. The van der Waals surface area contributed by atoms with Gasteiger partial charge in [0.2, 0.25) is 0 Å². The summed E-state index contributed by atoms with van der Waals surface area (Å²) >= 11 is 0. The standard InChI is InChI=1S/C9H20N2O.C2H6/c1-4-11-6-5-10(2)7-9(11)8-12-3;1-2/h9H,4-8H2,1-3H3;1-2H3. The molecule has 1 heterocycles. The van der Waals surface area contributed by atoms with Crippen LogP contribution in [0, 0.1) is 0 Å². The average Bonchev–Trinajstić information content (AvgIpc) is 2.22. The van der Waals surface area contributed by atoms with E-state index in [0.29, 0.717) is 6.04 Å². The first kappa shape index (κ1) is 13.9. The minimum absolute atomic E-state index is 0.596. The van der Waals surface area contributed by atoms with Gasteiger partial charge in [0.25, 0.3) is 0 Å². The summed E-state index contributed by atoms with van der Waals surface area (Å²) in [5.41, 5.74) is 0. The van der Waals surface area contributed by atoms with E-state index in [0.717, 1.165) is 19.7 Å². The zero-order chi connectivity index (χ0) is 11.0. The van der Waals surface area contributed by atoms with Crippen molar-refractivity contribution < 1.29 is 4.74 Å². The summed E-state index contributed by atoms with van der Waals surface area (Å²) in [5.74, 6) is 0. The fraction of sp³-hybridized carbons (Fsp3) is 1.00. The van der Waals surface area contributed by atoms with Crippen molar-refractivity contribution in [3.63, 3.8) is 0 Å². The molecule has 3 nitrogen and oxygen atoms in total. The van der Waals surface area contributed by atoms with Gasteiger partial charge < -0.3 is 9.64 Å². The maximum Gasteiger partial charge on any atom is 0.0630 e. The van der Waals surface area contributed by atoms with Gasteiger partial charge in [-0.3, -0.25) is 4.90 Å². The van der Waals surface area contributed by atoms with Gasteiger partial charge in [-0.05, 0) is 13.6 Å². The molecule has 1 unspecified atom stereocenters. The second kappa shape index (κ2) is 8.21. The summed E-state index contributed by atoms with van der Waals surface area (Å²) in [5, 5.41) is 0. The maximum absolute atomic E-state index is 5.19. The highest BCUT2D eigenvalue weighted by Crippen LogP contribution is 2.07. The Morgan fingerprint density at radius 2 is 1.93 bits per heavy atom. The highest BCUT2D eigenvalue weighted by atomic mass is 16.5. The van der Waals surface area contributed by atoms with Crippen molar-refractivity contribution in [1.29, 1.82) is 0 Å². The Hall–Kier alpha value is -0.120. The molecule has 0 aromatic rings. The molecule has 0 aromatic carbocycles. The second-order valence-electron chi connectivity index (χ2n) is 3.50. The van der Waals surface area contributed by atoms with Crippen molar-refractivity contribution in [2.75, 3.05) is 46.9 Å². The van der Waals surface area contributed by atoms with Crippen LogP contribution in [-0.4, -0.2) is 62.8 Å². The fourth-order valence-electron chi connectivity index (χ4n) is 1.82. The molecular formula is C11H26N2O. The smallest absolute Gasteiger partial charge is 0.0630 e. The lowest BCUT2D eigenvalue weighted by Crippen LogP contribution is -2.53. The molecular weight excluding hydrogens is 176 g/mol. The third kappa shape index (κ3) is 4.40. The van der Waals surface area contributed by atoms with Crippen molar-refractivity contribution >= 4 is 0 Å². The first-order chi connectivity index (χ1) is 6.77. The molecule has 0 amide bonds. The second-order valence-corrected chi connectivity index (χ2v) is 3.50. The Balaban J connectivity index is 0.000000791. The zero-order valence-corrected chi connectivity index (χ0v) is 10.4. The highest BCUT2D eigenvalue weighted by molar-refractivity contribution is 4.79. The number of methoxy groups -OCH3 is 1. The summed E-state index contributed by atoms with van der Waals surface area (Å²) in [6.07, 6.45) is 0. The molecule has 1 saturated heterocycles. The largest absolute Gasteiger partial charge is 0.383 e. The first-order valence-electron chi connectivity index (χ1n) is 5.69. The third-order valence-electron chi connectivity index (χ3n) is 2.57. The van der Waals surface area contributed by atoms with E-state index in [1.54, 1.807) is 7.11 Å². The summed E-state index contributed by atoms with van der Waals surface area (Å²) < 4.78 is 5.19. The number of hydrogen-bond acceptors (Lipinski definition) is 3. The molecule has 1 aliphatic rings. The molecule has 0 aromatic heterocycles. The van der Waals surface area contributed by atoms with Crippen molar-refractivity contribution in [3.05, 3.63) is 0 Å². The van der Waals surface area contributed by atoms with E-state index < -0.39 is 0 Å². The molecule has 0 saturated carbocycles. The van der Waals surface area contributed by atoms with Gasteiger partial charge in [-0.2, -0.15) is 0 Å². The van der Waals surface area contributed by atoms with Crippen LogP contribution < -0.4 is 0 Å². The van der Waals surface area contributed by atoms with E-state index in [-0.39, 0.29) is 0 Å². The van der Waals surface area contributed by atoms with Crippen LogP contribution in [0.4, 0.5) is 0 Å². The quantitative estimate of drug-likeness (QED) is 0.686. The van der Waals surface area contributed by atoms with E-state index >= 15 is 0 Å². The van der Waals surface area contributed by atoms with Gasteiger partial charge in [0, 0.05) is 32.8 Å². The molecule has 1 aliphatic heterocycles. The van der Waals surface area contributed by atoms with Crippen LogP contribution in [-0.2, 0) is 4.74 Å². The SMILES string of the molecule is CC.CCN1CCN(C)CC1COC. The van der Waals surface area contributed by atoms with Crippen molar-refractivity contribution in [1.82, 2.24) is 9.80 Å². The number of piperazine rings is 1. The number of likely N-dealkylation sites (N-methyl/N-ethyl adjacent to an activating group) is 2.